The second-order valence-electron chi connectivity index (χ2n) is 6.01. The van der Waals surface area contributed by atoms with Gasteiger partial charge in [-0.25, -0.2) is 9.79 Å². The van der Waals surface area contributed by atoms with E-state index >= 15 is 0 Å². The molecule has 1 aliphatic rings. The summed E-state index contributed by atoms with van der Waals surface area (Å²) in [4.78, 5) is 30.8. The molecule has 1 aliphatic heterocycles. The molecule has 0 saturated heterocycles. The zero-order chi connectivity index (χ0) is 18.4. The molecule has 1 heterocycles. The van der Waals surface area contributed by atoms with E-state index in [0.29, 0.717) is 29.1 Å². The Kier molecular flexibility index (Phi) is 6.33. The molecule has 0 atom stereocenters. The van der Waals surface area contributed by atoms with Crippen molar-refractivity contribution in [1.29, 1.82) is 0 Å². The number of esters is 1. The fraction of sp³-hybridized carbons (Fsp3) is 0.421. The number of carbonyl (C=O) groups is 2. The van der Waals surface area contributed by atoms with Crippen LogP contribution in [0.15, 0.2) is 28.8 Å². The van der Waals surface area contributed by atoms with Crippen molar-refractivity contribution >= 4 is 29.5 Å². The number of hydrogen-bond donors (Lipinski definition) is 1. The van der Waals surface area contributed by atoms with Crippen LogP contribution in [0.2, 0.25) is 0 Å². The Morgan fingerprint density at radius 2 is 1.92 bits per heavy atom. The lowest BCUT2D eigenvalue weighted by Crippen LogP contribution is -2.34. The third-order valence-electron chi connectivity index (χ3n) is 3.97. The zero-order valence-electron chi connectivity index (χ0n) is 15.0. The highest BCUT2D eigenvalue weighted by Gasteiger charge is 2.21. The molecular weight excluding hydrogens is 318 g/mol. The maximum Gasteiger partial charge on any atom is 0.337 e. The number of methoxy groups -OCH3 is 1. The normalized spacial score (nSPS) is 13.2. The van der Waals surface area contributed by atoms with Gasteiger partial charge in [0.15, 0.2) is 0 Å². The molecule has 1 aromatic carbocycles. The number of nitrogens with two attached hydrogens (primary N) is 1. The van der Waals surface area contributed by atoms with Crippen molar-refractivity contribution in [2.75, 3.05) is 20.2 Å². The maximum absolute atomic E-state index is 12.9. The molecule has 134 valence electrons. The molecule has 1 amide bonds. The van der Waals surface area contributed by atoms with Crippen LogP contribution in [0.4, 0.5) is 5.69 Å². The molecule has 6 nitrogen and oxygen atoms in total. The average molecular weight is 343 g/mol. The van der Waals surface area contributed by atoms with E-state index in [-0.39, 0.29) is 5.91 Å². The van der Waals surface area contributed by atoms with E-state index in [1.165, 1.54) is 7.11 Å². The Bertz CT molecular complexity index is 717. The van der Waals surface area contributed by atoms with Gasteiger partial charge >= 0.3 is 5.97 Å². The largest absolute Gasteiger partial charge is 0.465 e. The van der Waals surface area contributed by atoms with E-state index in [9.17, 15) is 9.59 Å². The summed E-state index contributed by atoms with van der Waals surface area (Å²) in [6.07, 6.45) is 3.93. The molecule has 0 aliphatic carbocycles. The van der Waals surface area contributed by atoms with Crippen molar-refractivity contribution in [3.63, 3.8) is 0 Å². The number of amidine groups is 1. The zero-order valence-corrected chi connectivity index (χ0v) is 15.0. The molecule has 0 aromatic heterocycles. The molecule has 6 heteroatoms. The van der Waals surface area contributed by atoms with Crippen LogP contribution >= 0.6 is 0 Å². The SMILES string of the molecule is CCCN(CCC)C(=O)C1=Cc2ccc(C(=O)OC)cc2N=C(N)C1. The number of rotatable bonds is 6. The molecule has 25 heavy (non-hydrogen) atoms. The molecule has 0 radical (unpaired) electrons. The summed E-state index contributed by atoms with van der Waals surface area (Å²) in [5.74, 6) is -0.0850. The second kappa shape index (κ2) is 8.46. The minimum atomic E-state index is -0.432. The van der Waals surface area contributed by atoms with Gasteiger partial charge in [-0.15, -0.1) is 0 Å². The van der Waals surface area contributed by atoms with Gasteiger partial charge in [0.05, 0.1) is 18.4 Å². The molecule has 0 bridgehead atoms. The highest BCUT2D eigenvalue weighted by Crippen LogP contribution is 2.28. The van der Waals surface area contributed by atoms with Gasteiger partial charge in [-0.2, -0.15) is 0 Å². The number of nitrogens with zero attached hydrogens (tertiary/aromatic N) is 2. The Balaban J connectivity index is 2.39. The number of ether oxygens (including phenoxy) is 1. The van der Waals surface area contributed by atoms with Crippen molar-refractivity contribution in [2.24, 2.45) is 10.7 Å². The molecule has 1 aromatic rings. The molecule has 0 unspecified atom stereocenters. The Morgan fingerprint density at radius 1 is 1.24 bits per heavy atom. The maximum atomic E-state index is 12.9. The second-order valence-corrected chi connectivity index (χ2v) is 6.01. The van der Waals surface area contributed by atoms with Gasteiger partial charge in [-0.3, -0.25) is 4.79 Å². The predicted molar refractivity (Wildman–Crippen MR) is 98.8 cm³/mol. The van der Waals surface area contributed by atoms with E-state index in [1.807, 2.05) is 11.0 Å². The van der Waals surface area contributed by atoms with E-state index in [0.717, 1.165) is 31.5 Å². The number of benzene rings is 1. The van der Waals surface area contributed by atoms with Crippen LogP contribution in [-0.2, 0) is 9.53 Å². The van der Waals surface area contributed by atoms with Crippen molar-refractivity contribution in [2.45, 2.75) is 33.1 Å². The molecule has 2 rings (SSSR count). The minimum absolute atomic E-state index is 0.00764. The topological polar surface area (TPSA) is 85.0 Å². The van der Waals surface area contributed by atoms with Crippen molar-refractivity contribution in [3.05, 3.63) is 34.9 Å². The standard InChI is InChI=1S/C19H25N3O3/c1-4-8-22(9-5-2)18(23)15-10-13-6-7-14(19(24)25-3)11-16(13)21-17(20)12-15/h6-7,10-11H,4-5,8-9,12H2,1-3H3,(H2,20,21). The Hall–Kier alpha value is -2.63. The third kappa shape index (κ3) is 4.47. The van der Waals surface area contributed by atoms with Gasteiger partial charge in [0.1, 0.15) is 5.84 Å². The Labute approximate surface area is 148 Å². The number of hydrogen-bond acceptors (Lipinski definition) is 5. The molecule has 0 fully saturated rings. The van der Waals surface area contributed by atoms with Gasteiger partial charge in [0.2, 0.25) is 5.91 Å². The van der Waals surface area contributed by atoms with Crippen LogP contribution in [0.25, 0.3) is 6.08 Å². The van der Waals surface area contributed by atoms with Crippen LogP contribution in [0, 0.1) is 0 Å². The smallest absolute Gasteiger partial charge is 0.337 e. The summed E-state index contributed by atoms with van der Waals surface area (Å²) in [7, 11) is 1.33. The highest BCUT2D eigenvalue weighted by molar-refractivity contribution is 6.05. The molecular formula is C19H25N3O3. The van der Waals surface area contributed by atoms with Gasteiger partial charge in [-0.1, -0.05) is 19.9 Å². The van der Waals surface area contributed by atoms with Crippen LogP contribution in [0.1, 0.15) is 49.0 Å². The lowest BCUT2D eigenvalue weighted by Gasteiger charge is -2.22. The Morgan fingerprint density at radius 3 is 2.52 bits per heavy atom. The first-order chi connectivity index (χ1) is 12.0. The van der Waals surface area contributed by atoms with Gasteiger partial charge in [0.25, 0.3) is 0 Å². The van der Waals surface area contributed by atoms with E-state index in [4.69, 9.17) is 10.5 Å². The van der Waals surface area contributed by atoms with E-state index < -0.39 is 5.97 Å². The molecule has 0 saturated carbocycles. The fourth-order valence-corrected chi connectivity index (χ4v) is 2.83. The van der Waals surface area contributed by atoms with Gasteiger partial charge in [0, 0.05) is 30.6 Å². The summed E-state index contributed by atoms with van der Waals surface area (Å²) < 4.78 is 4.74. The number of amides is 1. The van der Waals surface area contributed by atoms with Gasteiger partial charge in [-0.05, 0) is 31.1 Å². The first-order valence-corrected chi connectivity index (χ1v) is 8.55. The number of fused-ring (bicyclic) bond motifs is 1. The summed E-state index contributed by atoms with van der Waals surface area (Å²) >= 11 is 0. The first kappa shape index (κ1) is 18.7. The minimum Gasteiger partial charge on any atom is -0.465 e. The molecule has 2 N–H and O–H groups in total. The van der Waals surface area contributed by atoms with Crippen LogP contribution < -0.4 is 5.73 Å². The van der Waals surface area contributed by atoms with Crippen molar-refractivity contribution < 1.29 is 14.3 Å². The lowest BCUT2D eigenvalue weighted by atomic mass is 10.0. The van der Waals surface area contributed by atoms with Crippen LogP contribution in [0.5, 0.6) is 0 Å². The fourth-order valence-electron chi connectivity index (χ4n) is 2.83. The number of carbonyl (C=O) groups excluding carboxylic acids is 2. The van der Waals surface area contributed by atoms with Crippen molar-refractivity contribution in [3.8, 4) is 0 Å². The summed E-state index contributed by atoms with van der Waals surface area (Å²) in [5.41, 5.74) is 8.37. The monoisotopic (exact) mass is 343 g/mol. The van der Waals surface area contributed by atoms with E-state index in [2.05, 4.69) is 18.8 Å². The summed E-state index contributed by atoms with van der Waals surface area (Å²) in [6.45, 7) is 5.54. The first-order valence-electron chi connectivity index (χ1n) is 8.55. The van der Waals surface area contributed by atoms with E-state index in [1.54, 1.807) is 18.2 Å². The highest BCUT2D eigenvalue weighted by atomic mass is 16.5. The number of aliphatic imine (C=N–C) groups is 1. The van der Waals surface area contributed by atoms with Gasteiger partial charge < -0.3 is 15.4 Å². The van der Waals surface area contributed by atoms with Crippen LogP contribution in [0.3, 0.4) is 0 Å². The summed E-state index contributed by atoms with van der Waals surface area (Å²) in [6, 6.07) is 5.06. The average Bonchev–Trinajstić information content (AvgIpc) is 2.77. The lowest BCUT2D eigenvalue weighted by molar-refractivity contribution is -0.127. The predicted octanol–water partition coefficient (Wildman–Crippen LogP) is 2.90. The third-order valence-corrected chi connectivity index (χ3v) is 3.97. The molecule has 0 spiro atoms. The van der Waals surface area contributed by atoms with Crippen LogP contribution in [-0.4, -0.2) is 42.8 Å². The summed E-state index contributed by atoms with van der Waals surface area (Å²) in [5, 5.41) is 0. The van der Waals surface area contributed by atoms with Crippen molar-refractivity contribution in [1.82, 2.24) is 4.90 Å². The quantitative estimate of drug-likeness (QED) is 0.805.